The Morgan fingerprint density at radius 1 is 1.28 bits per heavy atom. The minimum Gasteiger partial charge on any atom is -0.394 e. The number of ether oxygens (including phenoxy) is 1. The number of hydrogen-bond acceptors (Lipinski definition) is 6. The Balaban J connectivity index is 2.26. The van der Waals surface area contributed by atoms with E-state index in [2.05, 4.69) is 5.32 Å². The van der Waals surface area contributed by atoms with Crippen LogP contribution in [0, 0.1) is 0 Å². The van der Waals surface area contributed by atoms with Gasteiger partial charge in [0.1, 0.15) is 24.4 Å². The van der Waals surface area contributed by atoms with Gasteiger partial charge in [-0.15, -0.1) is 0 Å². The van der Waals surface area contributed by atoms with Crippen LogP contribution in [0.2, 0.25) is 0 Å². The molecule has 0 saturated carbocycles. The van der Waals surface area contributed by atoms with E-state index in [4.69, 9.17) is 9.84 Å². The molecule has 0 bridgehead atoms. The molecule has 0 radical (unpaired) electrons. The Morgan fingerprint density at radius 2 is 2.00 bits per heavy atom. The van der Waals surface area contributed by atoms with Gasteiger partial charge in [-0.25, -0.2) is 0 Å². The van der Waals surface area contributed by atoms with Crippen LogP contribution in [-0.4, -0.2) is 63.1 Å². The molecular formula is C11H19NO6. The molecule has 2 saturated heterocycles. The Morgan fingerprint density at radius 3 is 2.67 bits per heavy atom. The highest BCUT2D eigenvalue weighted by Crippen LogP contribution is 2.33. The first-order valence-electron chi connectivity index (χ1n) is 6.14. The Bertz CT molecular complexity index is 323. The zero-order valence-electron chi connectivity index (χ0n) is 9.95. The van der Waals surface area contributed by atoms with E-state index in [1.165, 1.54) is 0 Å². The molecule has 0 aromatic heterocycles. The molecule has 2 fully saturated rings. The van der Waals surface area contributed by atoms with Gasteiger partial charge in [-0.1, -0.05) is 0 Å². The van der Waals surface area contributed by atoms with E-state index in [1.807, 2.05) is 0 Å². The standard InChI is InChI=1S/C11H19NO6/c13-5-6-8(15)9(16)10(17)11(18-6)4-2-1-3-7(14)12-11/h6,8-10,13,15-17H,1-5H2,(H,12,14)/t6-,8-,9+,10-,11-/m1/s1. The number of amides is 1. The van der Waals surface area contributed by atoms with Crippen LogP contribution in [0.1, 0.15) is 25.7 Å². The molecule has 0 aromatic rings. The fraction of sp³-hybridized carbons (Fsp3) is 0.909. The third-order valence-electron chi connectivity index (χ3n) is 3.63. The topological polar surface area (TPSA) is 119 Å². The molecule has 7 heteroatoms. The number of aliphatic hydroxyl groups excluding tert-OH is 4. The number of aliphatic hydroxyl groups is 4. The summed E-state index contributed by atoms with van der Waals surface area (Å²) < 4.78 is 5.47. The van der Waals surface area contributed by atoms with Gasteiger partial charge in [0.2, 0.25) is 5.91 Å². The molecule has 2 aliphatic heterocycles. The predicted molar refractivity (Wildman–Crippen MR) is 59.3 cm³/mol. The first kappa shape index (κ1) is 13.7. The van der Waals surface area contributed by atoms with Gasteiger partial charge in [0.05, 0.1) is 6.61 Å². The van der Waals surface area contributed by atoms with Gasteiger partial charge in [-0.05, 0) is 19.3 Å². The first-order valence-corrected chi connectivity index (χ1v) is 6.14. The minimum absolute atomic E-state index is 0.271. The Labute approximate surface area is 104 Å². The lowest BCUT2D eigenvalue weighted by Crippen LogP contribution is -2.70. The third kappa shape index (κ3) is 2.24. The molecule has 7 nitrogen and oxygen atoms in total. The summed E-state index contributed by atoms with van der Waals surface area (Å²) >= 11 is 0. The first-order chi connectivity index (χ1) is 8.50. The average Bonchev–Trinajstić information content (AvgIpc) is 2.54. The molecule has 1 spiro atoms. The molecule has 5 N–H and O–H groups in total. The monoisotopic (exact) mass is 261 g/mol. The summed E-state index contributed by atoms with van der Waals surface area (Å²) in [6.45, 7) is -0.497. The third-order valence-corrected chi connectivity index (χ3v) is 3.63. The molecule has 5 atom stereocenters. The molecule has 1 amide bonds. The van der Waals surface area contributed by atoms with Crippen molar-refractivity contribution in [1.82, 2.24) is 5.32 Å². The van der Waals surface area contributed by atoms with Crippen molar-refractivity contribution in [2.45, 2.75) is 55.8 Å². The zero-order valence-corrected chi connectivity index (χ0v) is 9.95. The Kier molecular flexibility index (Phi) is 3.88. The van der Waals surface area contributed by atoms with Gasteiger partial charge in [0, 0.05) is 6.42 Å². The highest BCUT2D eigenvalue weighted by Gasteiger charge is 2.54. The molecule has 18 heavy (non-hydrogen) atoms. The van der Waals surface area contributed by atoms with Gasteiger partial charge < -0.3 is 30.5 Å². The van der Waals surface area contributed by atoms with Gasteiger partial charge in [0.25, 0.3) is 0 Å². The van der Waals surface area contributed by atoms with Crippen LogP contribution in [0.15, 0.2) is 0 Å². The van der Waals surface area contributed by atoms with E-state index in [9.17, 15) is 20.1 Å². The number of nitrogens with one attached hydrogen (secondary N) is 1. The summed E-state index contributed by atoms with van der Waals surface area (Å²) in [5.74, 6) is -0.271. The van der Waals surface area contributed by atoms with Crippen LogP contribution in [0.3, 0.4) is 0 Å². The predicted octanol–water partition coefficient (Wildman–Crippen LogP) is -2.15. The molecule has 2 aliphatic rings. The smallest absolute Gasteiger partial charge is 0.222 e. The van der Waals surface area contributed by atoms with E-state index in [1.54, 1.807) is 0 Å². The highest BCUT2D eigenvalue weighted by molar-refractivity contribution is 5.77. The zero-order chi connectivity index (χ0) is 13.3. The van der Waals surface area contributed by atoms with E-state index >= 15 is 0 Å². The number of carbonyl (C=O) groups excluding carboxylic acids is 1. The lowest BCUT2D eigenvalue weighted by Gasteiger charge is -2.48. The second-order valence-electron chi connectivity index (χ2n) is 4.91. The van der Waals surface area contributed by atoms with E-state index in [-0.39, 0.29) is 5.91 Å². The van der Waals surface area contributed by atoms with Gasteiger partial charge in [-0.2, -0.15) is 0 Å². The maximum absolute atomic E-state index is 11.6. The number of hydrogen-bond donors (Lipinski definition) is 5. The lowest BCUT2D eigenvalue weighted by atomic mass is 9.88. The Hall–Kier alpha value is -0.730. The molecule has 0 aromatic carbocycles. The van der Waals surface area contributed by atoms with Crippen LogP contribution in [0.4, 0.5) is 0 Å². The van der Waals surface area contributed by atoms with Crippen molar-refractivity contribution in [2.24, 2.45) is 0 Å². The van der Waals surface area contributed by atoms with Gasteiger partial charge in [0.15, 0.2) is 5.72 Å². The summed E-state index contributed by atoms with van der Waals surface area (Å²) in [7, 11) is 0. The van der Waals surface area contributed by atoms with Crippen LogP contribution >= 0.6 is 0 Å². The molecule has 0 unspecified atom stereocenters. The minimum atomic E-state index is -1.46. The largest absolute Gasteiger partial charge is 0.394 e. The number of carbonyl (C=O) groups is 1. The van der Waals surface area contributed by atoms with Gasteiger partial charge in [-0.3, -0.25) is 4.79 Å². The maximum atomic E-state index is 11.6. The highest BCUT2D eigenvalue weighted by atomic mass is 16.6. The van der Waals surface area contributed by atoms with Crippen molar-refractivity contribution in [1.29, 1.82) is 0 Å². The number of rotatable bonds is 1. The molecule has 104 valence electrons. The van der Waals surface area contributed by atoms with Crippen molar-refractivity contribution in [2.75, 3.05) is 6.61 Å². The van der Waals surface area contributed by atoms with E-state index < -0.39 is 36.7 Å². The summed E-state index contributed by atoms with van der Waals surface area (Å²) in [5.41, 5.74) is -1.42. The van der Waals surface area contributed by atoms with Crippen LogP contribution in [0.25, 0.3) is 0 Å². The summed E-state index contributed by atoms with van der Waals surface area (Å²) in [5, 5.41) is 41.2. The summed E-state index contributed by atoms with van der Waals surface area (Å²) in [4.78, 5) is 11.6. The second-order valence-corrected chi connectivity index (χ2v) is 4.91. The molecule has 2 rings (SSSR count). The van der Waals surface area contributed by atoms with Crippen molar-refractivity contribution in [3.63, 3.8) is 0 Å². The summed E-state index contributed by atoms with van der Waals surface area (Å²) in [6.07, 6.45) is -3.30. The second kappa shape index (κ2) is 5.10. The quantitative estimate of drug-likeness (QED) is 0.367. The average molecular weight is 261 g/mol. The molecule has 2 heterocycles. The van der Waals surface area contributed by atoms with Crippen LogP contribution in [-0.2, 0) is 9.53 Å². The van der Waals surface area contributed by atoms with E-state index in [0.717, 1.165) is 0 Å². The maximum Gasteiger partial charge on any atom is 0.222 e. The summed E-state index contributed by atoms with van der Waals surface area (Å²) in [6, 6.07) is 0. The fourth-order valence-electron chi connectivity index (χ4n) is 2.58. The van der Waals surface area contributed by atoms with Crippen LogP contribution < -0.4 is 5.32 Å². The van der Waals surface area contributed by atoms with Crippen molar-refractivity contribution in [3.05, 3.63) is 0 Å². The normalized spacial score (nSPS) is 45.7. The van der Waals surface area contributed by atoms with Crippen molar-refractivity contribution >= 4 is 5.91 Å². The van der Waals surface area contributed by atoms with Gasteiger partial charge >= 0.3 is 0 Å². The molecule has 0 aliphatic carbocycles. The molecular weight excluding hydrogens is 242 g/mol. The van der Waals surface area contributed by atoms with Crippen LogP contribution in [0.5, 0.6) is 0 Å². The fourth-order valence-corrected chi connectivity index (χ4v) is 2.58. The van der Waals surface area contributed by atoms with Crippen molar-refractivity contribution in [3.8, 4) is 0 Å². The lowest BCUT2D eigenvalue weighted by molar-refractivity contribution is -0.283. The van der Waals surface area contributed by atoms with E-state index in [0.29, 0.717) is 25.7 Å². The SMILES string of the molecule is O=C1CCCC[C@@]2(N1)O[C@H](CO)[C@@H](O)[C@H](O)[C@H]2O. The van der Waals surface area contributed by atoms with Crippen molar-refractivity contribution < 1.29 is 30.0 Å².